The molecule has 3 aromatic carbocycles. The fourth-order valence-electron chi connectivity index (χ4n) is 3.39. The van der Waals surface area contributed by atoms with E-state index < -0.39 is 11.4 Å². The number of halogens is 1. The standard InChI is InChI=1S/C21H20FNO3/c1-20(2,24)15-8-12-10-18-19(11-13(12)9-17(15)23)26-21(3,25-18)14-6-4-5-7-16(14)22/h4-11,24H,23H2,1-3H3. The molecule has 0 saturated heterocycles. The van der Waals surface area contributed by atoms with Crippen LogP contribution in [0, 0.1) is 5.82 Å². The molecule has 0 amide bonds. The summed E-state index contributed by atoms with van der Waals surface area (Å²) in [4.78, 5) is 0. The highest BCUT2D eigenvalue weighted by Crippen LogP contribution is 2.47. The van der Waals surface area contributed by atoms with Crippen molar-refractivity contribution in [3.63, 3.8) is 0 Å². The number of benzene rings is 3. The van der Waals surface area contributed by atoms with Gasteiger partial charge in [-0.15, -0.1) is 0 Å². The largest absolute Gasteiger partial charge is 0.444 e. The molecule has 0 saturated carbocycles. The van der Waals surface area contributed by atoms with Gasteiger partial charge in [-0.3, -0.25) is 0 Å². The minimum atomic E-state index is -1.24. The highest BCUT2D eigenvalue weighted by molar-refractivity contribution is 5.90. The lowest BCUT2D eigenvalue weighted by atomic mass is 9.93. The molecule has 134 valence electrons. The number of ether oxygens (including phenoxy) is 2. The number of hydrogen-bond acceptors (Lipinski definition) is 4. The third-order valence-electron chi connectivity index (χ3n) is 4.70. The molecular formula is C21H20FNO3. The molecule has 0 radical (unpaired) electrons. The van der Waals surface area contributed by atoms with E-state index in [0.717, 1.165) is 10.8 Å². The molecule has 1 aliphatic heterocycles. The van der Waals surface area contributed by atoms with Gasteiger partial charge in [-0.1, -0.05) is 12.1 Å². The number of fused-ring (bicyclic) bond motifs is 2. The minimum absolute atomic E-state index is 0.331. The van der Waals surface area contributed by atoms with Crippen LogP contribution in [0.2, 0.25) is 0 Å². The van der Waals surface area contributed by atoms with E-state index in [2.05, 4.69) is 0 Å². The molecule has 4 rings (SSSR count). The number of hydrogen-bond donors (Lipinski definition) is 2. The topological polar surface area (TPSA) is 64.7 Å². The van der Waals surface area contributed by atoms with Crippen molar-refractivity contribution in [3.05, 3.63) is 65.5 Å². The molecule has 3 N–H and O–H groups in total. The highest BCUT2D eigenvalue weighted by Gasteiger charge is 2.41. The van der Waals surface area contributed by atoms with Crippen LogP contribution < -0.4 is 15.2 Å². The number of aliphatic hydroxyl groups is 1. The molecule has 0 bridgehead atoms. The summed E-state index contributed by atoms with van der Waals surface area (Å²) in [6, 6.07) is 13.7. The molecule has 5 heteroatoms. The molecule has 1 aliphatic rings. The van der Waals surface area contributed by atoms with Gasteiger partial charge in [-0.05, 0) is 61.0 Å². The van der Waals surface area contributed by atoms with E-state index in [-0.39, 0.29) is 5.82 Å². The van der Waals surface area contributed by atoms with Gasteiger partial charge in [0, 0.05) is 18.2 Å². The van der Waals surface area contributed by atoms with Crippen LogP contribution in [0.25, 0.3) is 10.8 Å². The quantitative estimate of drug-likeness (QED) is 0.669. The summed E-state index contributed by atoms with van der Waals surface area (Å²) < 4.78 is 26.1. The first-order chi connectivity index (χ1) is 12.2. The van der Waals surface area contributed by atoms with E-state index in [4.69, 9.17) is 15.2 Å². The Morgan fingerprint density at radius 3 is 2.15 bits per heavy atom. The second kappa shape index (κ2) is 5.35. The summed E-state index contributed by atoms with van der Waals surface area (Å²) in [5.74, 6) is -0.579. The van der Waals surface area contributed by atoms with Crippen molar-refractivity contribution < 1.29 is 19.0 Å². The Morgan fingerprint density at radius 2 is 1.58 bits per heavy atom. The number of rotatable bonds is 2. The molecular weight excluding hydrogens is 333 g/mol. The summed E-state index contributed by atoms with van der Waals surface area (Å²) in [6.07, 6.45) is 0. The van der Waals surface area contributed by atoms with Gasteiger partial charge in [0.05, 0.1) is 11.2 Å². The van der Waals surface area contributed by atoms with Crippen LogP contribution >= 0.6 is 0 Å². The van der Waals surface area contributed by atoms with Crippen LogP contribution in [0.5, 0.6) is 11.5 Å². The summed E-state index contributed by atoms with van der Waals surface area (Å²) in [7, 11) is 0. The first-order valence-electron chi connectivity index (χ1n) is 8.40. The van der Waals surface area contributed by atoms with Crippen LogP contribution in [0.3, 0.4) is 0 Å². The fourth-order valence-corrected chi connectivity index (χ4v) is 3.39. The van der Waals surface area contributed by atoms with E-state index in [0.29, 0.717) is 28.3 Å². The Labute approximate surface area is 151 Å². The van der Waals surface area contributed by atoms with Crippen LogP contribution in [-0.4, -0.2) is 5.11 Å². The van der Waals surface area contributed by atoms with Crippen molar-refractivity contribution in [1.82, 2.24) is 0 Å². The molecule has 0 aromatic heterocycles. The van der Waals surface area contributed by atoms with Gasteiger partial charge < -0.3 is 20.3 Å². The molecule has 0 spiro atoms. The summed E-state index contributed by atoms with van der Waals surface area (Å²) in [5.41, 5.74) is 6.51. The second-order valence-electron chi connectivity index (χ2n) is 7.27. The van der Waals surface area contributed by atoms with Crippen molar-refractivity contribution in [1.29, 1.82) is 0 Å². The maximum Gasteiger partial charge on any atom is 0.278 e. The zero-order valence-electron chi connectivity index (χ0n) is 14.8. The van der Waals surface area contributed by atoms with E-state index in [1.807, 2.05) is 18.2 Å². The Kier molecular flexibility index (Phi) is 3.43. The molecule has 3 aromatic rings. The molecule has 1 atom stereocenters. The van der Waals surface area contributed by atoms with Crippen molar-refractivity contribution in [2.45, 2.75) is 32.2 Å². The van der Waals surface area contributed by atoms with Crippen molar-refractivity contribution in [3.8, 4) is 11.5 Å². The SMILES string of the molecule is CC(C)(O)c1cc2cc3c(cc2cc1N)OC(C)(c1ccccc1F)O3. The third kappa shape index (κ3) is 2.56. The van der Waals surface area contributed by atoms with Gasteiger partial charge in [0.15, 0.2) is 11.5 Å². The minimum Gasteiger partial charge on any atom is -0.444 e. The normalized spacial score (nSPS) is 19.1. The molecule has 1 heterocycles. The summed E-state index contributed by atoms with van der Waals surface area (Å²) in [6.45, 7) is 5.06. The van der Waals surface area contributed by atoms with E-state index in [1.165, 1.54) is 6.07 Å². The number of nitrogens with two attached hydrogens (primary N) is 1. The predicted molar refractivity (Wildman–Crippen MR) is 98.6 cm³/mol. The number of anilines is 1. The first-order valence-corrected chi connectivity index (χ1v) is 8.40. The van der Waals surface area contributed by atoms with Gasteiger partial charge in [0.25, 0.3) is 5.79 Å². The van der Waals surface area contributed by atoms with Crippen molar-refractivity contribution in [2.24, 2.45) is 0 Å². The van der Waals surface area contributed by atoms with Crippen LogP contribution in [-0.2, 0) is 11.4 Å². The molecule has 0 aliphatic carbocycles. The Hall–Kier alpha value is -2.79. The van der Waals surface area contributed by atoms with Crippen molar-refractivity contribution >= 4 is 16.5 Å². The highest BCUT2D eigenvalue weighted by atomic mass is 19.1. The lowest BCUT2D eigenvalue weighted by molar-refractivity contribution is -0.0706. The smallest absolute Gasteiger partial charge is 0.278 e. The van der Waals surface area contributed by atoms with Gasteiger partial charge in [0.1, 0.15) is 5.82 Å². The van der Waals surface area contributed by atoms with Crippen LogP contribution in [0.1, 0.15) is 31.9 Å². The summed E-state index contributed by atoms with van der Waals surface area (Å²) in [5, 5.41) is 12.0. The average molecular weight is 353 g/mol. The van der Waals surface area contributed by atoms with E-state index >= 15 is 0 Å². The lowest BCUT2D eigenvalue weighted by Crippen LogP contribution is -2.32. The molecule has 26 heavy (non-hydrogen) atoms. The zero-order chi connectivity index (χ0) is 18.7. The predicted octanol–water partition coefficient (Wildman–Crippen LogP) is 4.43. The maximum absolute atomic E-state index is 14.2. The molecule has 1 unspecified atom stereocenters. The van der Waals surface area contributed by atoms with E-state index in [9.17, 15) is 9.50 Å². The molecule has 4 nitrogen and oxygen atoms in total. The second-order valence-corrected chi connectivity index (χ2v) is 7.27. The first kappa shape index (κ1) is 16.7. The van der Waals surface area contributed by atoms with Crippen molar-refractivity contribution in [2.75, 3.05) is 5.73 Å². The van der Waals surface area contributed by atoms with Crippen LogP contribution in [0.4, 0.5) is 10.1 Å². The number of nitrogen functional groups attached to an aromatic ring is 1. The lowest BCUT2D eigenvalue weighted by Gasteiger charge is -2.23. The van der Waals surface area contributed by atoms with Gasteiger partial charge >= 0.3 is 0 Å². The van der Waals surface area contributed by atoms with Gasteiger partial charge in [-0.2, -0.15) is 0 Å². The van der Waals surface area contributed by atoms with Gasteiger partial charge in [0.2, 0.25) is 0 Å². The monoisotopic (exact) mass is 353 g/mol. The van der Waals surface area contributed by atoms with E-state index in [1.54, 1.807) is 45.0 Å². The maximum atomic E-state index is 14.2. The molecule has 0 fully saturated rings. The average Bonchev–Trinajstić information content (AvgIpc) is 2.87. The van der Waals surface area contributed by atoms with Crippen LogP contribution in [0.15, 0.2) is 48.5 Å². The summed E-state index contributed by atoms with van der Waals surface area (Å²) >= 11 is 0. The Bertz CT molecular complexity index is 1030. The Balaban J connectivity index is 1.82. The van der Waals surface area contributed by atoms with Gasteiger partial charge in [-0.25, -0.2) is 4.39 Å². The zero-order valence-corrected chi connectivity index (χ0v) is 14.8. The third-order valence-corrected chi connectivity index (χ3v) is 4.70. The Morgan fingerprint density at radius 1 is 1.00 bits per heavy atom. The fraction of sp³-hybridized carbons (Fsp3) is 0.238.